The quantitative estimate of drug-likeness (QED) is 0.204. The molecule has 1 aromatic rings. The number of nitro benzene ring substituents is 1. The van der Waals surface area contributed by atoms with Gasteiger partial charge in [-0.2, -0.15) is 0 Å². The molecule has 0 bridgehead atoms. The van der Waals surface area contributed by atoms with Gasteiger partial charge in [-0.1, -0.05) is 6.92 Å². The minimum Gasteiger partial charge on any atom is -0.494 e. The molecule has 1 unspecified atom stereocenters. The van der Waals surface area contributed by atoms with Crippen molar-refractivity contribution in [2.75, 3.05) is 19.8 Å². The number of nitro groups is 1. The van der Waals surface area contributed by atoms with E-state index in [0.717, 1.165) is 0 Å². The Morgan fingerprint density at radius 1 is 1.46 bits per heavy atom. The van der Waals surface area contributed by atoms with Crippen LogP contribution in [0.15, 0.2) is 36.2 Å². The van der Waals surface area contributed by atoms with Gasteiger partial charge in [0, 0.05) is 30.0 Å². The normalized spacial score (nSPS) is 21.1. The first-order chi connectivity index (χ1) is 13.5. The molecule has 0 aliphatic carbocycles. The maximum atomic E-state index is 11.1. The lowest BCUT2D eigenvalue weighted by Crippen LogP contribution is -2.44. The fraction of sp³-hybridized carbons (Fsp3) is 0.474. The number of aliphatic hydroxyl groups excluding tert-OH is 1. The number of ether oxygens (including phenoxy) is 3. The first-order valence-electron chi connectivity index (χ1n) is 8.99. The largest absolute Gasteiger partial charge is 0.494 e. The number of non-ortho nitro benzene ring substituents is 1. The number of nitrogens with one attached hydrogen (secondary N) is 1. The molecule has 0 spiro atoms. The molecule has 1 heterocycles. The van der Waals surface area contributed by atoms with Crippen molar-refractivity contribution >= 4 is 11.6 Å². The van der Waals surface area contributed by atoms with Crippen LogP contribution in [0.3, 0.4) is 0 Å². The van der Waals surface area contributed by atoms with Crippen molar-refractivity contribution in [3.05, 3.63) is 51.9 Å². The molecular weight excluding hydrogens is 368 g/mol. The van der Waals surface area contributed by atoms with Crippen LogP contribution in [0.4, 0.5) is 5.69 Å². The maximum absolute atomic E-state index is 11.1. The molecule has 1 aromatic carbocycles. The second kappa shape index (κ2) is 10.5. The van der Waals surface area contributed by atoms with Crippen LogP contribution in [0.25, 0.3) is 0 Å². The molecule has 2 rings (SSSR count). The molecule has 3 atom stereocenters. The number of rotatable bonds is 10. The summed E-state index contributed by atoms with van der Waals surface area (Å²) >= 11 is 0. The Balaban J connectivity index is 2.26. The van der Waals surface area contributed by atoms with Gasteiger partial charge in [0.05, 0.1) is 24.2 Å². The van der Waals surface area contributed by atoms with Crippen LogP contribution in [-0.2, 0) is 14.3 Å². The molecule has 0 radical (unpaired) electrons. The van der Waals surface area contributed by atoms with Gasteiger partial charge in [-0.3, -0.25) is 10.1 Å². The summed E-state index contributed by atoms with van der Waals surface area (Å²) in [4.78, 5) is 20.8. The third-order valence-electron chi connectivity index (χ3n) is 4.22. The summed E-state index contributed by atoms with van der Waals surface area (Å²) < 4.78 is 16.6. The molecule has 0 saturated heterocycles. The number of nitrogens with zero attached hydrogens (tertiary/aromatic N) is 1. The van der Waals surface area contributed by atoms with Crippen LogP contribution < -0.4 is 10.1 Å². The first-order valence-corrected chi connectivity index (χ1v) is 8.99. The summed E-state index contributed by atoms with van der Waals surface area (Å²) in [7, 11) is 0. The second-order valence-electron chi connectivity index (χ2n) is 6.06. The van der Waals surface area contributed by atoms with Gasteiger partial charge < -0.3 is 24.6 Å². The van der Waals surface area contributed by atoms with Crippen molar-refractivity contribution in [1.29, 1.82) is 0 Å². The van der Waals surface area contributed by atoms with Gasteiger partial charge in [-0.15, -0.1) is 0 Å². The van der Waals surface area contributed by atoms with Crippen molar-refractivity contribution in [1.82, 2.24) is 5.32 Å². The van der Waals surface area contributed by atoms with Crippen LogP contribution in [0.2, 0.25) is 0 Å². The standard InChI is InChI=1S/C19H24N2O7/c1-3-16-19(23)18(15-10-13(21(24)25)6-7-17(15)28-16)20-11-14(27-4-2)12-26-9-5-8-22/h5-7,10-11,16,18-20,23H,3-4,9,12H2,1-2H3/b14-11+/t16-,18?,19-/m0/s1. The molecule has 9 nitrogen and oxygen atoms in total. The molecule has 0 saturated carbocycles. The maximum Gasteiger partial charge on any atom is 0.270 e. The predicted octanol–water partition coefficient (Wildman–Crippen LogP) is 2.04. The number of hydrogen-bond acceptors (Lipinski definition) is 8. The topological polar surface area (TPSA) is 120 Å². The Labute approximate surface area is 162 Å². The molecule has 1 aliphatic heterocycles. The highest BCUT2D eigenvalue weighted by Crippen LogP contribution is 2.38. The number of carbonyl (C=O) groups excluding carboxylic acids is 1. The molecule has 0 amide bonds. The Morgan fingerprint density at radius 2 is 2.25 bits per heavy atom. The van der Waals surface area contributed by atoms with E-state index in [1.165, 1.54) is 18.2 Å². The highest BCUT2D eigenvalue weighted by Gasteiger charge is 2.37. The van der Waals surface area contributed by atoms with Crippen LogP contribution in [-0.4, -0.2) is 48.0 Å². The van der Waals surface area contributed by atoms with Gasteiger partial charge in [0.2, 0.25) is 0 Å². The van der Waals surface area contributed by atoms with E-state index in [1.807, 2.05) is 13.8 Å². The Bertz CT molecular complexity index is 759. The molecule has 0 fully saturated rings. The minimum absolute atomic E-state index is 0.0886. The van der Waals surface area contributed by atoms with Crippen LogP contribution in [0.5, 0.6) is 5.75 Å². The number of fused-ring (bicyclic) bond motifs is 1. The zero-order valence-corrected chi connectivity index (χ0v) is 15.8. The van der Waals surface area contributed by atoms with Gasteiger partial charge >= 0.3 is 0 Å². The molecular formula is C19H24N2O7. The lowest BCUT2D eigenvalue weighted by molar-refractivity contribution is -0.385. The highest BCUT2D eigenvalue weighted by atomic mass is 16.6. The summed E-state index contributed by atoms with van der Waals surface area (Å²) in [5.74, 6) is 2.57. The van der Waals surface area contributed by atoms with E-state index in [-0.39, 0.29) is 18.9 Å². The molecule has 1 aliphatic rings. The average molecular weight is 392 g/mol. The lowest BCUT2D eigenvalue weighted by Gasteiger charge is -2.36. The fourth-order valence-electron chi connectivity index (χ4n) is 2.89. The molecule has 152 valence electrons. The number of hydrogen-bond donors (Lipinski definition) is 2. The van der Waals surface area contributed by atoms with Gasteiger partial charge in [0.25, 0.3) is 5.69 Å². The molecule has 0 aromatic heterocycles. The van der Waals surface area contributed by atoms with Gasteiger partial charge in [0.15, 0.2) is 0 Å². The van der Waals surface area contributed by atoms with Gasteiger partial charge in [-0.05, 0) is 19.4 Å². The summed E-state index contributed by atoms with van der Waals surface area (Å²) in [6, 6.07) is 3.68. The highest BCUT2D eigenvalue weighted by molar-refractivity contribution is 5.47. The Kier molecular flexibility index (Phi) is 8.01. The fourth-order valence-corrected chi connectivity index (χ4v) is 2.89. The summed E-state index contributed by atoms with van der Waals surface area (Å²) in [5, 5.41) is 24.9. The smallest absolute Gasteiger partial charge is 0.270 e. The summed E-state index contributed by atoms with van der Waals surface area (Å²) in [6.45, 7) is 4.31. The van der Waals surface area contributed by atoms with Crippen molar-refractivity contribution < 1.29 is 29.0 Å². The molecule has 2 N–H and O–H groups in total. The van der Waals surface area contributed by atoms with E-state index in [9.17, 15) is 20.0 Å². The monoisotopic (exact) mass is 392 g/mol. The van der Waals surface area contributed by atoms with Crippen molar-refractivity contribution in [3.8, 4) is 5.75 Å². The van der Waals surface area contributed by atoms with E-state index >= 15 is 0 Å². The van der Waals surface area contributed by atoms with E-state index < -0.39 is 23.2 Å². The predicted molar refractivity (Wildman–Crippen MR) is 100 cm³/mol. The SMILES string of the molecule is CCO/C(=C/NC1c2cc([N+](=O)[O-])ccc2O[C@@H](CC)[C@@H]1O)COCC=C=O. The Morgan fingerprint density at radius 3 is 2.89 bits per heavy atom. The van der Waals surface area contributed by atoms with Gasteiger partial charge in [0.1, 0.15) is 36.3 Å². The van der Waals surface area contributed by atoms with Gasteiger partial charge in [-0.25, -0.2) is 4.79 Å². The Hall–Kier alpha value is -2.87. The summed E-state index contributed by atoms with van der Waals surface area (Å²) in [5.41, 5.74) is 0.401. The van der Waals surface area contributed by atoms with Crippen LogP contribution >= 0.6 is 0 Å². The van der Waals surface area contributed by atoms with E-state index in [2.05, 4.69) is 5.32 Å². The minimum atomic E-state index is -0.919. The van der Waals surface area contributed by atoms with Crippen molar-refractivity contribution in [2.45, 2.75) is 38.5 Å². The average Bonchev–Trinajstić information content (AvgIpc) is 2.69. The van der Waals surface area contributed by atoms with E-state index in [0.29, 0.717) is 30.1 Å². The number of aliphatic hydroxyl groups is 1. The third kappa shape index (κ3) is 5.32. The van der Waals surface area contributed by atoms with E-state index in [4.69, 9.17) is 14.2 Å². The van der Waals surface area contributed by atoms with Crippen LogP contribution in [0.1, 0.15) is 31.9 Å². The molecule has 9 heteroatoms. The molecule has 28 heavy (non-hydrogen) atoms. The second-order valence-corrected chi connectivity index (χ2v) is 6.06. The lowest BCUT2D eigenvalue weighted by atomic mass is 9.92. The first kappa shape index (κ1) is 21.4. The van der Waals surface area contributed by atoms with Crippen molar-refractivity contribution in [2.24, 2.45) is 0 Å². The summed E-state index contributed by atoms with van der Waals surface area (Å²) in [6.07, 6.45) is 1.96. The zero-order valence-electron chi connectivity index (χ0n) is 15.8. The van der Waals surface area contributed by atoms with Crippen LogP contribution in [0, 0.1) is 10.1 Å². The zero-order chi connectivity index (χ0) is 20.5. The third-order valence-corrected chi connectivity index (χ3v) is 4.22. The van der Waals surface area contributed by atoms with Crippen molar-refractivity contribution in [3.63, 3.8) is 0 Å². The number of benzene rings is 1. The van der Waals surface area contributed by atoms with E-state index in [1.54, 1.807) is 18.2 Å².